The average Bonchev–Trinajstić information content (AvgIpc) is 2.43. The molecule has 8 heteroatoms. The molecule has 0 fully saturated rings. The van der Waals surface area contributed by atoms with Gasteiger partial charge < -0.3 is 11.1 Å². The SMILES string of the molecule is Nc1ccc(Br)cc1C(=O)Nc1ccc(Cl)cc1[N+](=O)[O-]. The minimum atomic E-state index is -0.619. The molecule has 0 spiro atoms. The van der Waals surface area contributed by atoms with Crippen LogP contribution in [0.1, 0.15) is 10.4 Å². The van der Waals surface area contributed by atoms with Crippen molar-refractivity contribution in [3.8, 4) is 0 Å². The highest BCUT2D eigenvalue weighted by Gasteiger charge is 2.18. The summed E-state index contributed by atoms with van der Waals surface area (Å²) in [6.45, 7) is 0. The Kier molecular flexibility index (Phi) is 4.44. The van der Waals surface area contributed by atoms with Crippen LogP contribution >= 0.6 is 27.5 Å². The first-order valence-corrected chi connectivity index (χ1v) is 6.86. The van der Waals surface area contributed by atoms with Crippen molar-refractivity contribution in [2.75, 3.05) is 11.1 Å². The van der Waals surface area contributed by atoms with E-state index < -0.39 is 10.8 Å². The fourth-order valence-electron chi connectivity index (χ4n) is 1.68. The number of carbonyl (C=O) groups excluding carboxylic acids is 1. The Balaban J connectivity index is 2.36. The minimum Gasteiger partial charge on any atom is -0.398 e. The zero-order chi connectivity index (χ0) is 15.6. The zero-order valence-electron chi connectivity index (χ0n) is 10.5. The largest absolute Gasteiger partial charge is 0.398 e. The first kappa shape index (κ1) is 15.3. The van der Waals surface area contributed by atoms with Gasteiger partial charge in [-0.15, -0.1) is 0 Å². The van der Waals surface area contributed by atoms with Gasteiger partial charge in [0.2, 0.25) is 0 Å². The smallest absolute Gasteiger partial charge is 0.294 e. The Morgan fingerprint density at radius 2 is 2.00 bits per heavy atom. The molecule has 0 bridgehead atoms. The van der Waals surface area contributed by atoms with Gasteiger partial charge in [0.1, 0.15) is 5.69 Å². The van der Waals surface area contributed by atoms with Gasteiger partial charge in [0.05, 0.1) is 10.5 Å². The highest BCUT2D eigenvalue weighted by Crippen LogP contribution is 2.29. The summed E-state index contributed by atoms with van der Waals surface area (Å²) in [5.74, 6) is -0.542. The number of halogens is 2. The number of nitrogens with one attached hydrogen (secondary N) is 1. The standard InChI is InChI=1S/C13H9BrClN3O3/c14-7-1-3-10(16)9(5-7)13(19)17-11-4-2-8(15)6-12(11)18(20)21/h1-6H,16H2,(H,17,19). The lowest BCUT2D eigenvalue weighted by Gasteiger charge is -2.08. The Morgan fingerprint density at radius 1 is 1.29 bits per heavy atom. The van der Waals surface area contributed by atoms with Gasteiger partial charge in [-0.1, -0.05) is 27.5 Å². The fraction of sp³-hybridized carbons (Fsp3) is 0. The third kappa shape index (κ3) is 3.50. The molecule has 0 heterocycles. The van der Waals surface area contributed by atoms with Crippen molar-refractivity contribution in [1.29, 1.82) is 0 Å². The summed E-state index contributed by atoms with van der Waals surface area (Å²) < 4.78 is 0.674. The van der Waals surface area contributed by atoms with Crippen LogP contribution in [0.25, 0.3) is 0 Å². The summed E-state index contributed by atoms with van der Waals surface area (Å²) in [6.07, 6.45) is 0. The zero-order valence-corrected chi connectivity index (χ0v) is 12.8. The van der Waals surface area contributed by atoms with Crippen molar-refractivity contribution < 1.29 is 9.72 Å². The second-order valence-corrected chi connectivity index (χ2v) is 5.46. The van der Waals surface area contributed by atoms with E-state index in [-0.39, 0.29) is 27.6 Å². The summed E-state index contributed by atoms with van der Waals surface area (Å²) in [5, 5.41) is 13.6. The van der Waals surface area contributed by atoms with E-state index in [9.17, 15) is 14.9 Å². The van der Waals surface area contributed by atoms with Crippen LogP contribution in [-0.2, 0) is 0 Å². The van der Waals surface area contributed by atoms with E-state index in [1.807, 2.05) is 0 Å². The summed E-state index contributed by atoms with van der Waals surface area (Å²) in [7, 11) is 0. The number of carbonyl (C=O) groups is 1. The second kappa shape index (κ2) is 6.11. The number of hydrogen-bond donors (Lipinski definition) is 2. The third-order valence-electron chi connectivity index (χ3n) is 2.66. The molecule has 0 radical (unpaired) electrons. The van der Waals surface area contributed by atoms with Gasteiger partial charge >= 0.3 is 0 Å². The van der Waals surface area contributed by atoms with Crippen LogP contribution in [-0.4, -0.2) is 10.8 Å². The van der Waals surface area contributed by atoms with E-state index in [1.165, 1.54) is 24.3 Å². The molecular weight excluding hydrogens is 362 g/mol. The van der Waals surface area contributed by atoms with Gasteiger partial charge in [0.25, 0.3) is 11.6 Å². The van der Waals surface area contributed by atoms with Crippen LogP contribution in [0.5, 0.6) is 0 Å². The quantitative estimate of drug-likeness (QED) is 0.487. The van der Waals surface area contributed by atoms with Crippen LogP contribution in [0.15, 0.2) is 40.9 Å². The number of hydrogen-bond acceptors (Lipinski definition) is 4. The minimum absolute atomic E-state index is 0.0498. The molecule has 0 saturated heterocycles. The van der Waals surface area contributed by atoms with Crippen LogP contribution in [0, 0.1) is 10.1 Å². The number of amides is 1. The normalized spacial score (nSPS) is 10.2. The number of rotatable bonds is 3. The van der Waals surface area contributed by atoms with Gasteiger partial charge in [-0.25, -0.2) is 0 Å². The maximum Gasteiger partial charge on any atom is 0.294 e. The van der Waals surface area contributed by atoms with E-state index in [0.29, 0.717) is 4.47 Å². The van der Waals surface area contributed by atoms with Crippen molar-refractivity contribution in [3.63, 3.8) is 0 Å². The lowest BCUT2D eigenvalue weighted by molar-refractivity contribution is -0.383. The number of nitro benzene ring substituents is 1. The molecule has 2 aromatic rings. The number of nitrogens with two attached hydrogens (primary N) is 1. The molecule has 0 saturated carbocycles. The molecule has 2 aromatic carbocycles. The molecule has 2 rings (SSSR count). The van der Waals surface area contributed by atoms with Crippen molar-refractivity contribution in [2.24, 2.45) is 0 Å². The maximum absolute atomic E-state index is 12.2. The lowest BCUT2D eigenvalue weighted by Crippen LogP contribution is -2.15. The van der Waals surface area contributed by atoms with Crippen molar-refractivity contribution in [3.05, 3.63) is 61.6 Å². The molecule has 108 valence electrons. The fourth-order valence-corrected chi connectivity index (χ4v) is 2.20. The Labute approximate surface area is 133 Å². The van der Waals surface area contributed by atoms with E-state index in [4.69, 9.17) is 17.3 Å². The Hall–Kier alpha value is -2.12. The van der Waals surface area contributed by atoms with Gasteiger partial charge in [-0.3, -0.25) is 14.9 Å². The van der Waals surface area contributed by atoms with E-state index in [0.717, 1.165) is 0 Å². The monoisotopic (exact) mass is 369 g/mol. The number of benzene rings is 2. The first-order chi connectivity index (χ1) is 9.88. The van der Waals surface area contributed by atoms with E-state index in [1.54, 1.807) is 12.1 Å². The molecule has 1 amide bonds. The number of nitrogens with zero attached hydrogens (tertiary/aromatic N) is 1. The molecule has 3 N–H and O–H groups in total. The molecule has 6 nitrogen and oxygen atoms in total. The highest BCUT2D eigenvalue weighted by molar-refractivity contribution is 9.10. The average molecular weight is 371 g/mol. The van der Waals surface area contributed by atoms with Gasteiger partial charge in [-0.2, -0.15) is 0 Å². The van der Waals surface area contributed by atoms with Crippen molar-refractivity contribution in [1.82, 2.24) is 0 Å². The van der Waals surface area contributed by atoms with Crippen molar-refractivity contribution in [2.45, 2.75) is 0 Å². The van der Waals surface area contributed by atoms with Crippen LogP contribution < -0.4 is 11.1 Å². The number of nitro groups is 1. The van der Waals surface area contributed by atoms with E-state index in [2.05, 4.69) is 21.2 Å². The third-order valence-corrected chi connectivity index (χ3v) is 3.39. The Bertz CT molecular complexity index is 737. The van der Waals surface area contributed by atoms with E-state index >= 15 is 0 Å². The van der Waals surface area contributed by atoms with Gasteiger partial charge in [0, 0.05) is 21.2 Å². The van der Waals surface area contributed by atoms with Gasteiger partial charge in [0.15, 0.2) is 0 Å². The topological polar surface area (TPSA) is 98.3 Å². The predicted molar refractivity (Wildman–Crippen MR) is 84.6 cm³/mol. The molecule has 0 aromatic heterocycles. The molecule has 0 atom stereocenters. The molecule has 0 aliphatic rings. The number of nitrogen functional groups attached to an aromatic ring is 1. The molecule has 21 heavy (non-hydrogen) atoms. The number of anilines is 2. The molecule has 0 aliphatic heterocycles. The highest BCUT2D eigenvalue weighted by atomic mass is 79.9. The van der Waals surface area contributed by atoms with Crippen LogP contribution in [0.3, 0.4) is 0 Å². The summed E-state index contributed by atoms with van der Waals surface area (Å²) in [6, 6.07) is 8.78. The summed E-state index contributed by atoms with van der Waals surface area (Å²) in [4.78, 5) is 22.5. The summed E-state index contributed by atoms with van der Waals surface area (Å²) in [5.41, 5.74) is 5.98. The maximum atomic E-state index is 12.2. The van der Waals surface area contributed by atoms with Crippen LogP contribution in [0.4, 0.5) is 17.1 Å². The lowest BCUT2D eigenvalue weighted by atomic mass is 10.1. The second-order valence-electron chi connectivity index (χ2n) is 4.10. The summed E-state index contributed by atoms with van der Waals surface area (Å²) >= 11 is 8.95. The molecule has 0 aliphatic carbocycles. The van der Waals surface area contributed by atoms with Crippen molar-refractivity contribution >= 4 is 50.5 Å². The van der Waals surface area contributed by atoms with Crippen LogP contribution in [0.2, 0.25) is 5.02 Å². The predicted octanol–water partition coefficient (Wildman–Crippen LogP) is 3.85. The molecular formula is C13H9BrClN3O3. The van der Waals surface area contributed by atoms with Gasteiger partial charge in [-0.05, 0) is 30.3 Å². The Morgan fingerprint density at radius 3 is 2.67 bits per heavy atom. The molecule has 0 unspecified atom stereocenters. The first-order valence-electron chi connectivity index (χ1n) is 5.69.